The minimum Gasteiger partial charge on any atom is -0.480 e. The standard InChI is InChI=1S/C36H44ClFN8O4.C2H6O/c1-20-15-24-23(17-40-44-24)26(28(20)37)30-29(38)31-27(33(41-30)49-2)32(45-13-5-7-21(18-45)16-39-35(47)48)43-34(42-31)50-19-36-11-4-10-25(36)46(14-6-12-36)22-8-3-9-22;1-3-2/h15,17,21-22,25,39H,3-14,16,18-19H2,1-2H3,(H,40,44)(H,47,48);1-2H3. The lowest BCUT2D eigenvalue weighted by molar-refractivity contribution is -0.0399. The summed E-state index contributed by atoms with van der Waals surface area (Å²) in [6.45, 7) is 4.93. The van der Waals surface area contributed by atoms with E-state index in [9.17, 15) is 9.90 Å². The second-order valence-corrected chi connectivity index (χ2v) is 15.5. The Labute approximate surface area is 313 Å². The van der Waals surface area contributed by atoms with E-state index in [1.165, 1.54) is 39.2 Å². The molecule has 8 rings (SSSR count). The van der Waals surface area contributed by atoms with Crippen LogP contribution in [-0.4, -0.2) is 107 Å². The van der Waals surface area contributed by atoms with Crippen LogP contribution in [0.2, 0.25) is 5.02 Å². The van der Waals surface area contributed by atoms with Crippen molar-refractivity contribution >= 4 is 45.3 Å². The number of halogens is 2. The molecule has 4 aliphatic rings. The maximum atomic E-state index is 17.2. The molecule has 3 N–H and O–H groups in total. The zero-order valence-electron chi connectivity index (χ0n) is 31.0. The van der Waals surface area contributed by atoms with E-state index in [1.807, 2.05) is 13.0 Å². The Bertz CT molecular complexity index is 1960. The van der Waals surface area contributed by atoms with E-state index in [4.69, 9.17) is 36.0 Å². The lowest BCUT2D eigenvalue weighted by atomic mass is 9.73. The van der Waals surface area contributed by atoms with E-state index in [0.717, 1.165) is 44.2 Å². The Morgan fingerprint density at radius 2 is 1.89 bits per heavy atom. The van der Waals surface area contributed by atoms with Crippen molar-refractivity contribution in [2.45, 2.75) is 83.2 Å². The molecule has 0 bridgehead atoms. The number of anilines is 1. The average molecular weight is 753 g/mol. The number of fused-ring (bicyclic) bond motifs is 3. The van der Waals surface area contributed by atoms with Gasteiger partial charge in [0.2, 0.25) is 5.88 Å². The summed E-state index contributed by atoms with van der Waals surface area (Å²) in [5.41, 5.74) is 1.90. The summed E-state index contributed by atoms with van der Waals surface area (Å²) >= 11 is 6.86. The second kappa shape index (κ2) is 15.8. The third-order valence-corrected chi connectivity index (χ3v) is 12.2. The number of carboxylic acid groups (broad SMARTS) is 1. The number of nitrogens with one attached hydrogen (secondary N) is 2. The molecule has 3 unspecified atom stereocenters. The lowest BCUT2D eigenvalue weighted by Gasteiger charge is -2.51. The van der Waals surface area contributed by atoms with Crippen LogP contribution < -0.4 is 19.7 Å². The first-order valence-corrected chi connectivity index (χ1v) is 19.1. The van der Waals surface area contributed by atoms with Gasteiger partial charge < -0.3 is 29.5 Å². The Hall–Kier alpha value is -4.01. The van der Waals surface area contributed by atoms with Crippen molar-refractivity contribution in [3.05, 3.63) is 28.7 Å². The molecule has 4 aromatic rings. The van der Waals surface area contributed by atoms with Gasteiger partial charge in [-0.15, -0.1) is 0 Å². The largest absolute Gasteiger partial charge is 0.480 e. The molecule has 2 saturated carbocycles. The SMILES string of the molecule is COC.COc1nc(-c2c(Cl)c(C)cc3[nH]ncc23)c(F)c2nc(OCC34CCCC3N(C3CCC3)CCC4)nc(N3CCCC(CNC(=O)O)C3)c12. The van der Waals surface area contributed by atoms with Crippen LogP contribution in [0.4, 0.5) is 15.0 Å². The minimum atomic E-state index is -1.06. The minimum absolute atomic E-state index is 0.00472. The molecule has 2 aliphatic heterocycles. The first kappa shape index (κ1) is 37.3. The van der Waals surface area contributed by atoms with Crippen molar-refractivity contribution in [1.82, 2.24) is 35.4 Å². The molecular weight excluding hydrogens is 703 g/mol. The zero-order chi connectivity index (χ0) is 37.3. The summed E-state index contributed by atoms with van der Waals surface area (Å²) in [7, 11) is 4.75. The predicted octanol–water partition coefficient (Wildman–Crippen LogP) is 6.99. The number of amides is 1. The molecule has 4 fully saturated rings. The number of benzene rings is 1. The van der Waals surface area contributed by atoms with E-state index in [-0.39, 0.29) is 34.4 Å². The highest BCUT2D eigenvalue weighted by Gasteiger charge is 2.50. The van der Waals surface area contributed by atoms with Gasteiger partial charge in [0.15, 0.2) is 5.82 Å². The van der Waals surface area contributed by atoms with E-state index in [0.29, 0.717) is 71.0 Å². The average Bonchev–Trinajstić information content (AvgIpc) is 3.78. The van der Waals surface area contributed by atoms with E-state index in [2.05, 4.69) is 30.1 Å². The number of hydrogen-bond donors (Lipinski definition) is 3. The second-order valence-electron chi connectivity index (χ2n) is 15.1. The maximum Gasteiger partial charge on any atom is 0.404 e. The van der Waals surface area contributed by atoms with Gasteiger partial charge in [0.1, 0.15) is 22.4 Å². The molecule has 0 spiro atoms. The van der Waals surface area contributed by atoms with Gasteiger partial charge >= 0.3 is 12.1 Å². The van der Waals surface area contributed by atoms with Crippen LogP contribution in [0.3, 0.4) is 0 Å². The normalized spacial score (nSPS) is 23.3. The van der Waals surface area contributed by atoms with Gasteiger partial charge in [-0.3, -0.25) is 10.00 Å². The van der Waals surface area contributed by atoms with Crippen molar-refractivity contribution in [2.24, 2.45) is 11.3 Å². The molecule has 1 amide bonds. The Morgan fingerprint density at radius 3 is 2.62 bits per heavy atom. The van der Waals surface area contributed by atoms with Gasteiger partial charge in [0.25, 0.3) is 0 Å². The molecule has 5 heterocycles. The summed E-state index contributed by atoms with van der Waals surface area (Å²) < 4.78 is 33.9. The number of rotatable bonds is 9. The van der Waals surface area contributed by atoms with Crippen molar-refractivity contribution in [3.8, 4) is 23.1 Å². The number of H-pyrrole nitrogens is 1. The highest BCUT2D eigenvalue weighted by atomic mass is 35.5. The summed E-state index contributed by atoms with van der Waals surface area (Å²) in [5, 5.41) is 20.3. The molecule has 53 heavy (non-hydrogen) atoms. The number of carbonyl (C=O) groups is 1. The van der Waals surface area contributed by atoms with Gasteiger partial charge in [0, 0.05) is 62.3 Å². The van der Waals surface area contributed by atoms with Crippen LogP contribution in [0.5, 0.6) is 11.9 Å². The fourth-order valence-corrected chi connectivity index (χ4v) is 9.35. The summed E-state index contributed by atoms with van der Waals surface area (Å²) in [6.07, 6.45) is 11.7. The third kappa shape index (κ3) is 7.17. The van der Waals surface area contributed by atoms with Crippen molar-refractivity contribution in [1.29, 1.82) is 0 Å². The van der Waals surface area contributed by atoms with Gasteiger partial charge in [-0.2, -0.15) is 15.1 Å². The zero-order valence-corrected chi connectivity index (χ0v) is 31.8. The number of pyridine rings is 1. The summed E-state index contributed by atoms with van der Waals surface area (Å²) in [5.74, 6) is 0.00596. The van der Waals surface area contributed by atoms with Gasteiger partial charge in [-0.25, -0.2) is 14.2 Å². The number of likely N-dealkylation sites (tertiary alicyclic amines) is 1. The van der Waals surface area contributed by atoms with Gasteiger partial charge in [-0.05, 0) is 82.4 Å². The first-order valence-electron chi connectivity index (χ1n) is 18.8. The quantitative estimate of drug-likeness (QED) is 0.162. The Morgan fingerprint density at radius 1 is 1.09 bits per heavy atom. The third-order valence-electron chi connectivity index (χ3n) is 11.8. The topological polar surface area (TPSA) is 151 Å². The number of aryl methyl sites for hydroxylation is 1. The van der Waals surface area contributed by atoms with Crippen molar-refractivity contribution < 1.29 is 28.5 Å². The van der Waals surface area contributed by atoms with Crippen LogP contribution >= 0.6 is 11.6 Å². The van der Waals surface area contributed by atoms with E-state index >= 15 is 4.39 Å². The number of methoxy groups -OCH3 is 2. The molecule has 3 atom stereocenters. The molecule has 13 nitrogen and oxygen atoms in total. The van der Waals surface area contributed by atoms with Gasteiger partial charge in [0.05, 0.1) is 30.5 Å². The van der Waals surface area contributed by atoms with Crippen LogP contribution in [-0.2, 0) is 4.74 Å². The molecule has 1 aromatic carbocycles. The van der Waals surface area contributed by atoms with Gasteiger partial charge in [-0.1, -0.05) is 24.4 Å². The predicted molar refractivity (Wildman–Crippen MR) is 202 cm³/mol. The number of ether oxygens (including phenoxy) is 3. The van der Waals surface area contributed by atoms with E-state index < -0.39 is 11.9 Å². The number of nitrogens with zero attached hydrogens (tertiary/aromatic N) is 6. The number of aromatic nitrogens is 5. The highest BCUT2D eigenvalue weighted by molar-refractivity contribution is 6.35. The van der Waals surface area contributed by atoms with Crippen LogP contribution in [0.15, 0.2) is 12.3 Å². The number of hydrogen-bond acceptors (Lipinski definition) is 10. The fourth-order valence-electron chi connectivity index (χ4n) is 9.10. The molecule has 286 valence electrons. The van der Waals surface area contributed by atoms with E-state index in [1.54, 1.807) is 20.4 Å². The number of aromatic amines is 1. The van der Waals surface area contributed by atoms with Crippen molar-refractivity contribution in [2.75, 3.05) is 59.0 Å². The molecular formula is C38H50ClFN8O5. The smallest absolute Gasteiger partial charge is 0.404 e. The Kier molecular flexibility index (Phi) is 11.1. The summed E-state index contributed by atoms with van der Waals surface area (Å²) in [6, 6.07) is 3.13. The molecule has 15 heteroatoms. The molecule has 3 aromatic heterocycles. The molecule has 0 radical (unpaired) electrons. The fraction of sp³-hybridized carbons (Fsp3) is 0.605. The van der Waals surface area contributed by atoms with Crippen LogP contribution in [0, 0.1) is 24.1 Å². The van der Waals surface area contributed by atoms with Crippen LogP contribution in [0.1, 0.15) is 69.8 Å². The Balaban J connectivity index is 0.00000140. The summed E-state index contributed by atoms with van der Waals surface area (Å²) in [4.78, 5) is 30.6. The molecule has 2 saturated heterocycles. The van der Waals surface area contributed by atoms with Crippen LogP contribution in [0.25, 0.3) is 33.1 Å². The maximum absolute atomic E-state index is 17.2. The monoisotopic (exact) mass is 752 g/mol. The lowest BCUT2D eigenvalue weighted by Crippen LogP contribution is -2.57. The van der Waals surface area contributed by atoms with Crippen molar-refractivity contribution in [3.63, 3.8) is 0 Å². The first-order chi connectivity index (χ1) is 25.7. The number of piperidine rings is 2. The molecule has 2 aliphatic carbocycles. The highest BCUT2D eigenvalue weighted by Crippen LogP contribution is 2.50.